The van der Waals surface area contributed by atoms with Crippen LogP contribution in [0.5, 0.6) is 0 Å². The first kappa shape index (κ1) is 4.75. The first-order chi connectivity index (χ1) is 3.43. The van der Waals surface area contributed by atoms with Gasteiger partial charge in [-0.25, -0.2) is 0 Å². The molecule has 0 saturated carbocycles. The molecule has 0 aromatic heterocycles. The molecule has 0 aliphatic carbocycles. The van der Waals surface area contributed by atoms with E-state index in [-0.39, 0.29) is 0 Å². The first-order valence-electron chi connectivity index (χ1n) is 2.71. The SMILES string of the molecule is CCCC[C]1N=N1. The van der Waals surface area contributed by atoms with E-state index in [2.05, 4.69) is 17.2 Å². The minimum Gasteiger partial charge on any atom is -0.154 e. The predicted molar refractivity (Wildman–Crippen MR) is 27.6 cm³/mol. The maximum Gasteiger partial charge on any atom is 0.239 e. The molecule has 39 valence electrons. The quantitative estimate of drug-likeness (QED) is 0.515. The number of hydrogen-bond donors (Lipinski definition) is 0. The molecular formula is C5H9N2. The van der Waals surface area contributed by atoms with E-state index in [1.807, 2.05) is 0 Å². The van der Waals surface area contributed by atoms with Crippen molar-refractivity contribution in [1.82, 2.24) is 0 Å². The molecule has 0 N–H and O–H groups in total. The summed E-state index contributed by atoms with van der Waals surface area (Å²) in [6, 6.07) is 0. The number of hydrogen-bond acceptors (Lipinski definition) is 2. The second-order valence-corrected chi connectivity index (χ2v) is 1.72. The largest absolute Gasteiger partial charge is 0.239 e. The Kier molecular flexibility index (Phi) is 1.39. The van der Waals surface area contributed by atoms with Crippen LogP contribution in [0, 0.1) is 6.17 Å². The van der Waals surface area contributed by atoms with Crippen LogP contribution >= 0.6 is 0 Å². The summed E-state index contributed by atoms with van der Waals surface area (Å²) in [5.74, 6) is 0. The van der Waals surface area contributed by atoms with Crippen LogP contribution in [0.2, 0.25) is 0 Å². The summed E-state index contributed by atoms with van der Waals surface area (Å²) >= 11 is 0. The van der Waals surface area contributed by atoms with E-state index in [0.717, 1.165) is 12.6 Å². The first-order valence-corrected chi connectivity index (χ1v) is 2.71. The number of unbranched alkanes of at least 4 members (excludes halogenated alkanes) is 1. The van der Waals surface area contributed by atoms with Gasteiger partial charge < -0.3 is 0 Å². The molecule has 0 atom stereocenters. The molecule has 0 unspecified atom stereocenters. The molecule has 0 fully saturated rings. The Bertz CT molecular complexity index is 72.1. The molecular weight excluding hydrogens is 88.1 g/mol. The molecule has 1 radical (unpaired) electrons. The Labute approximate surface area is 43.6 Å². The van der Waals surface area contributed by atoms with Gasteiger partial charge in [0.25, 0.3) is 0 Å². The van der Waals surface area contributed by atoms with Gasteiger partial charge in [0, 0.05) is 6.42 Å². The lowest BCUT2D eigenvalue weighted by Crippen LogP contribution is -1.72. The van der Waals surface area contributed by atoms with Crippen LogP contribution < -0.4 is 0 Å². The third-order valence-electron chi connectivity index (χ3n) is 0.995. The minimum atomic E-state index is 1.06. The lowest BCUT2D eigenvalue weighted by atomic mass is 10.2. The summed E-state index contributed by atoms with van der Waals surface area (Å²) < 4.78 is 0. The maximum atomic E-state index is 3.68. The van der Waals surface area contributed by atoms with E-state index in [1.54, 1.807) is 0 Å². The maximum absolute atomic E-state index is 3.68. The lowest BCUT2D eigenvalue weighted by Gasteiger charge is -1.84. The standard InChI is InChI=1S/C5H9N2/c1-2-3-4-5-6-7-5/h2-4H2,1H3. The van der Waals surface area contributed by atoms with Crippen LogP contribution in [0.25, 0.3) is 0 Å². The molecule has 0 bridgehead atoms. The average Bonchev–Trinajstić information content (AvgIpc) is 2.42. The second kappa shape index (κ2) is 2.05. The molecule has 0 aromatic rings. The normalized spacial score (nSPS) is 17.9. The molecule has 0 aromatic carbocycles. The zero-order valence-electron chi connectivity index (χ0n) is 4.52. The highest BCUT2D eigenvalue weighted by atomic mass is 15.4. The Balaban J connectivity index is 1.81. The summed E-state index contributed by atoms with van der Waals surface area (Å²) in [5.41, 5.74) is 0. The molecule has 1 rings (SSSR count). The highest BCUT2D eigenvalue weighted by molar-refractivity contribution is 4.91. The van der Waals surface area contributed by atoms with Crippen LogP contribution in [0.15, 0.2) is 10.2 Å². The monoisotopic (exact) mass is 97.1 g/mol. The topological polar surface area (TPSA) is 24.7 Å². The van der Waals surface area contributed by atoms with Crippen molar-refractivity contribution in [3.8, 4) is 0 Å². The van der Waals surface area contributed by atoms with E-state index in [4.69, 9.17) is 0 Å². The van der Waals surface area contributed by atoms with Crippen molar-refractivity contribution in [2.75, 3.05) is 0 Å². The smallest absolute Gasteiger partial charge is 0.154 e. The van der Waals surface area contributed by atoms with Crippen molar-refractivity contribution in [2.45, 2.75) is 26.2 Å². The van der Waals surface area contributed by atoms with Crippen molar-refractivity contribution in [3.63, 3.8) is 0 Å². The van der Waals surface area contributed by atoms with Crippen LogP contribution in [0.1, 0.15) is 26.2 Å². The van der Waals surface area contributed by atoms with Gasteiger partial charge in [0.1, 0.15) is 0 Å². The van der Waals surface area contributed by atoms with E-state index in [9.17, 15) is 0 Å². The zero-order valence-corrected chi connectivity index (χ0v) is 4.52. The van der Waals surface area contributed by atoms with Gasteiger partial charge in [-0.2, -0.15) is 10.2 Å². The molecule has 0 saturated heterocycles. The van der Waals surface area contributed by atoms with E-state index in [0.29, 0.717) is 0 Å². The third kappa shape index (κ3) is 1.67. The van der Waals surface area contributed by atoms with Gasteiger partial charge in [0.2, 0.25) is 6.17 Å². The number of nitrogens with zero attached hydrogens (tertiary/aromatic N) is 2. The Hall–Kier alpha value is -0.400. The predicted octanol–water partition coefficient (Wildman–Crippen LogP) is 2.13. The molecule has 2 heteroatoms. The fraction of sp³-hybridized carbons (Fsp3) is 0.800. The van der Waals surface area contributed by atoms with Gasteiger partial charge in [0.15, 0.2) is 0 Å². The summed E-state index contributed by atoms with van der Waals surface area (Å²) in [6.07, 6.45) is 4.63. The van der Waals surface area contributed by atoms with Crippen molar-refractivity contribution < 1.29 is 0 Å². The molecule has 1 aliphatic rings. The fourth-order valence-corrected chi connectivity index (χ4v) is 0.470. The van der Waals surface area contributed by atoms with Crippen molar-refractivity contribution in [2.24, 2.45) is 10.2 Å². The van der Waals surface area contributed by atoms with Gasteiger partial charge in [-0.05, 0) is 6.42 Å². The minimum absolute atomic E-state index is 1.06. The number of rotatable bonds is 3. The van der Waals surface area contributed by atoms with Crippen molar-refractivity contribution in [3.05, 3.63) is 6.17 Å². The summed E-state index contributed by atoms with van der Waals surface area (Å²) in [6.45, 7) is 2.17. The Morgan fingerprint density at radius 1 is 1.43 bits per heavy atom. The second-order valence-electron chi connectivity index (χ2n) is 1.72. The van der Waals surface area contributed by atoms with Crippen LogP contribution in [-0.4, -0.2) is 0 Å². The molecule has 2 nitrogen and oxygen atoms in total. The highest BCUT2D eigenvalue weighted by Gasteiger charge is 2.15. The van der Waals surface area contributed by atoms with Gasteiger partial charge in [-0.15, -0.1) is 0 Å². The summed E-state index contributed by atoms with van der Waals surface area (Å²) in [5, 5.41) is 7.36. The van der Waals surface area contributed by atoms with Crippen molar-refractivity contribution in [1.29, 1.82) is 0 Å². The van der Waals surface area contributed by atoms with Gasteiger partial charge in [-0.3, -0.25) is 0 Å². The van der Waals surface area contributed by atoms with E-state index < -0.39 is 0 Å². The van der Waals surface area contributed by atoms with Crippen LogP contribution in [0.3, 0.4) is 0 Å². The van der Waals surface area contributed by atoms with Crippen molar-refractivity contribution >= 4 is 0 Å². The molecule has 0 amide bonds. The zero-order chi connectivity index (χ0) is 5.11. The summed E-state index contributed by atoms with van der Waals surface area (Å²) in [4.78, 5) is 0. The molecule has 0 spiro atoms. The fourth-order valence-electron chi connectivity index (χ4n) is 0.470. The summed E-state index contributed by atoms with van der Waals surface area (Å²) in [7, 11) is 0. The van der Waals surface area contributed by atoms with E-state index in [1.165, 1.54) is 12.8 Å². The van der Waals surface area contributed by atoms with Crippen LogP contribution in [0.4, 0.5) is 0 Å². The van der Waals surface area contributed by atoms with Crippen LogP contribution in [-0.2, 0) is 0 Å². The van der Waals surface area contributed by atoms with Gasteiger partial charge in [-0.1, -0.05) is 13.3 Å². The van der Waals surface area contributed by atoms with E-state index >= 15 is 0 Å². The third-order valence-corrected chi connectivity index (χ3v) is 0.995. The van der Waals surface area contributed by atoms with Gasteiger partial charge in [0.05, 0.1) is 0 Å². The van der Waals surface area contributed by atoms with Gasteiger partial charge >= 0.3 is 0 Å². The molecule has 1 heterocycles. The Morgan fingerprint density at radius 3 is 2.57 bits per heavy atom. The average molecular weight is 97.1 g/mol. The molecule has 7 heavy (non-hydrogen) atoms. The molecule has 1 aliphatic heterocycles. The highest BCUT2D eigenvalue weighted by Crippen LogP contribution is 2.25. The lowest BCUT2D eigenvalue weighted by molar-refractivity contribution is 0.763. The Morgan fingerprint density at radius 2 is 2.14 bits per heavy atom.